The Bertz CT molecular complexity index is 1170. The first kappa shape index (κ1) is 24.8. The number of nitrogens with zero attached hydrogens (tertiary/aromatic N) is 5. The third kappa shape index (κ3) is 5.67. The summed E-state index contributed by atoms with van der Waals surface area (Å²) in [5.41, 5.74) is 1.58. The van der Waals surface area contributed by atoms with E-state index in [0.29, 0.717) is 37.4 Å². The third-order valence-corrected chi connectivity index (χ3v) is 7.17. The Morgan fingerprint density at radius 3 is 2.54 bits per heavy atom. The highest BCUT2D eigenvalue weighted by Gasteiger charge is 2.31. The Morgan fingerprint density at radius 1 is 1.06 bits per heavy atom. The highest BCUT2D eigenvalue weighted by molar-refractivity contribution is 7.99. The van der Waals surface area contributed by atoms with Crippen molar-refractivity contribution in [1.82, 2.24) is 24.6 Å². The number of rotatable bonds is 8. The van der Waals surface area contributed by atoms with Crippen LogP contribution in [0.25, 0.3) is 5.69 Å². The van der Waals surface area contributed by atoms with Crippen molar-refractivity contribution in [1.29, 1.82) is 0 Å². The van der Waals surface area contributed by atoms with Crippen LogP contribution in [0.3, 0.4) is 0 Å². The van der Waals surface area contributed by atoms with Gasteiger partial charge in [-0.25, -0.2) is 0 Å². The van der Waals surface area contributed by atoms with Crippen LogP contribution in [-0.4, -0.2) is 74.9 Å². The molecule has 0 aliphatic carbocycles. The van der Waals surface area contributed by atoms with Crippen LogP contribution in [0.1, 0.15) is 35.9 Å². The molecule has 0 bridgehead atoms. The Morgan fingerprint density at radius 2 is 1.80 bits per heavy atom. The number of carbonyl (C=O) groups excluding carboxylic acids is 2. The topological polar surface area (TPSA) is 80.6 Å². The van der Waals surface area contributed by atoms with Gasteiger partial charge in [0.1, 0.15) is 11.6 Å². The molecule has 0 radical (unpaired) electrons. The number of piperazine rings is 1. The van der Waals surface area contributed by atoms with E-state index in [2.05, 4.69) is 10.2 Å². The predicted molar refractivity (Wildman–Crippen MR) is 136 cm³/mol. The summed E-state index contributed by atoms with van der Waals surface area (Å²) in [7, 11) is 1.57. The average molecular weight is 494 g/mol. The fourth-order valence-corrected chi connectivity index (χ4v) is 5.25. The van der Waals surface area contributed by atoms with Crippen molar-refractivity contribution in [2.24, 2.45) is 0 Å². The molecule has 1 aliphatic heterocycles. The molecule has 1 unspecified atom stereocenters. The van der Waals surface area contributed by atoms with Crippen molar-refractivity contribution in [3.8, 4) is 11.4 Å². The van der Waals surface area contributed by atoms with Gasteiger partial charge >= 0.3 is 0 Å². The van der Waals surface area contributed by atoms with Gasteiger partial charge in [0.25, 0.3) is 5.91 Å². The SMILES string of the molecule is COc1ccccc1C(=O)N1CCN(C(=O)CCCSc2nnc(C)n2-c2ccccc2)CC1C. The first-order valence-corrected chi connectivity index (χ1v) is 12.8. The molecule has 1 saturated heterocycles. The van der Waals surface area contributed by atoms with Gasteiger partial charge in [-0.3, -0.25) is 14.2 Å². The number of amides is 2. The van der Waals surface area contributed by atoms with Crippen LogP contribution in [0, 0.1) is 6.92 Å². The number of thioether (sulfide) groups is 1. The van der Waals surface area contributed by atoms with Gasteiger partial charge in [0.2, 0.25) is 5.91 Å². The number of hydrogen-bond acceptors (Lipinski definition) is 6. The molecule has 2 amide bonds. The minimum atomic E-state index is -0.0631. The number of ether oxygens (including phenoxy) is 1. The van der Waals surface area contributed by atoms with Gasteiger partial charge in [0.15, 0.2) is 5.16 Å². The van der Waals surface area contributed by atoms with Crippen LogP contribution in [0.2, 0.25) is 0 Å². The van der Waals surface area contributed by atoms with Crippen LogP contribution in [0.15, 0.2) is 59.8 Å². The second kappa shape index (κ2) is 11.4. The molecule has 35 heavy (non-hydrogen) atoms. The molecule has 184 valence electrons. The summed E-state index contributed by atoms with van der Waals surface area (Å²) in [6.07, 6.45) is 1.22. The maximum Gasteiger partial charge on any atom is 0.257 e. The van der Waals surface area contributed by atoms with Gasteiger partial charge in [-0.1, -0.05) is 42.1 Å². The maximum absolute atomic E-state index is 13.1. The standard InChI is InChI=1S/C26H31N5O3S/c1-19-18-29(15-16-30(19)25(33)22-12-7-8-13-23(22)34-3)24(32)14-9-17-35-26-28-27-20(2)31(26)21-10-5-4-6-11-21/h4-8,10-13,19H,9,14-18H2,1-3H3. The van der Waals surface area contributed by atoms with E-state index in [9.17, 15) is 9.59 Å². The molecular weight excluding hydrogens is 462 g/mol. The molecule has 0 spiro atoms. The molecular formula is C26H31N5O3S. The quantitative estimate of drug-likeness (QED) is 0.351. The lowest BCUT2D eigenvalue weighted by molar-refractivity contribution is -0.133. The summed E-state index contributed by atoms with van der Waals surface area (Å²) in [6, 6.07) is 17.2. The number of hydrogen-bond donors (Lipinski definition) is 0. The lowest BCUT2D eigenvalue weighted by atomic mass is 10.1. The monoisotopic (exact) mass is 493 g/mol. The smallest absolute Gasteiger partial charge is 0.257 e. The van der Waals surface area contributed by atoms with Gasteiger partial charge in [-0.2, -0.15) is 0 Å². The Labute approximate surface area is 210 Å². The highest BCUT2D eigenvalue weighted by atomic mass is 32.2. The fourth-order valence-electron chi connectivity index (χ4n) is 4.32. The highest BCUT2D eigenvalue weighted by Crippen LogP contribution is 2.24. The molecule has 2 aromatic carbocycles. The van der Waals surface area contributed by atoms with Crippen molar-refractivity contribution in [3.05, 3.63) is 66.0 Å². The molecule has 0 N–H and O–H groups in total. The predicted octanol–water partition coefficient (Wildman–Crippen LogP) is 3.83. The van der Waals surface area contributed by atoms with E-state index in [0.717, 1.165) is 28.8 Å². The van der Waals surface area contributed by atoms with Gasteiger partial charge in [-0.05, 0) is 44.5 Å². The normalized spacial score (nSPS) is 15.8. The second-order valence-electron chi connectivity index (χ2n) is 8.54. The minimum absolute atomic E-state index is 0.0590. The van der Waals surface area contributed by atoms with E-state index >= 15 is 0 Å². The number of aromatic nitrogens is 3. The van der Waals surface area contributed by atoms with Gasteiger partial charge < -0.3 is 14.5 Å². The van der Waals surface area contributed by atoms with Crippen molar-refractivity contribution in [2.75, 3.05) is 32.5 Å². The summed E-state index contributed by atoms with van der Waals surface area (Å²) < 4.78 is 7.38. The largest absolute Gasteiger partial charge is 0.496 e. The summed E-state index contributed by atoms with van der Waals surface area (Å²) in [5, 5.41) is 9.36. The third-order valence-electron chi connectivity index (χ3n) is 6.15. The first-order chi connectivity index (χ1) is 17.0. The molecule has 1 aliphatic rings. The summed E-state index contributed by atoms with van der Waals surface area (Å²) in [6.45, 7) is 5.51. The van der Waals surface area contributed by atoms with Crippen molar-refractivity contribution < 1.29 is 14.3 Å². The minimum Gasteiger partial charge on any atom is -0.496 e. The van der Waals surface area contributed by atoms with Crippen molar-refractivity contribution >= 4 is 23.6 Å². The number of carbonyl (C=O) groups is 2. The number of para-hydroxylation sites is 2. The second-order valence-corrected chi connectivity index (χ2v) is 9.60. The average Bonchev–Trinajstić information content (AvgIpc) is 3.26. The zero-order valence-electron chi connectivity index (χ0n) is 20.4. The molecule has 1 fully saturated rings. The van der Waals surface area contributed by atoms with Crippen LogP contribution >= 0.6 is 11.8 Å². The lowest BCUT2D eigenvalue weighted by Gasteiger charge is -2.40. The summed E-state index contributed by atoms with van der Waals surface area (Å²) in [5.74, 6) is 2.25. The Hall–Kier alpha value is -3.33. The molecule has 1 atom stereocenters. The van der Waals surface area contributed by atoms with Gasteiger partial charge in [0.05, 0.1) is 12.7 Å². The maximum atomic E-state index is 13.1. The van der Waals surface area contributed by atoms with Crippen LogP contribution < -0.4 is 4.74 Å². The van der Waals surface area contributed by atoms with E-state index < -0.39 is 0 Å². The van der Waals surface area contributed by atoms with Crippen molar-refractivity contribution in [2.45, 2.75) is 37.9 Å². The molecule has 0 saturated carbocycles. The van der Waals surface area contributed by atoms with Gasteiger partial charge in [-0.15, -0.1) is 10.2 Å². The molecule has 1 aromatic heterocycles. The Balaban J connectivity index is 1.27. The molecule has 8 nitrogen and oxygen atoms in total. The zero-order valence-corrected chi connectivity index (χ0v) is 21.2. The van der Waals surface area contributed by atoms with Crippen LogP contribution in [-0.2, 0) is 4.79 Å². The fraction of sp³-hybridized carbons (Fsp3) is 0.385. The van der Waals surface area contributed by atoms with Crippen LogP contribution in [0.5, 0.6) is 5.75 Å². The lowest BCUT2D eigenvalue weighted by Crippen LogP contribution is -2.55. The Kier molecular flexibility index (Phi) is 8.07. The molecule has 2 heterocycles. The van der Waals surface area contributed by atoms with E-state index in [1.807, 2.05) is 70.7 Å². The zero-order chi connectivity index (χ0) is 24.8. The van der Waals surface area contributed by atoms with Crippen LogP contribution in [0.4, 0.5) is 0 Å². The van der Waals surface area contributed by atoms with Gasteiger partial charge in [0, 0.05) is 43.5 Å². The van der Waals surface area contributed by atoms with E-state index in [1.165, 1.54) is 0 Å². The number of aryl methyl sites for hydroxylation is 1. The molecule has 3 aromatic rings. The number of methoxy groups -OCH3 is 1. The summed E-state index contributed by atoms with van der Waals surface area (Å²) >= 11 is 1.61. The van der Waals surface area contributed by atoms with E-state index in [4.69, 9.17) is 4.74 Å². The first-order valence-electron chi connectivity index (χ1n) is 11.8. The van der Waals surface area contributed by atoms with E-state index in [-0.39, 0.29) is 17.9 Å². The molecule has 9 heteroatoms. The molecule has 4 rings (SSSR count). The number of benzene rings is 2. The van der Waals surface area contributed by atoms with Crippen molar-refractivity contribution in [3.63, 3.8) is 0 Å². The van der Waals surface area contributed by atoms with E-state index in [1.54, 1.807) is 31.0 Å². The summed E-state index contributed by atoms with van der Waals surface area (Å²) in [4.78, 5) is 29.6.